The van der Waals surface area contributed by atoms with Crippen LogP contribution in [-0.2, 0) is 14.8 Å². The molecule has 1 fully saturated rings. The van der Waals surface area contributed by atoms with E-state index in [2.05, 4.69) is 4.72 Å². The van der Waals surface area contributed by atoms with Crippen LogP contribution in [0.5, 0.6) is 0 Å². The molecule has 1 unspecified atom stereocenters. The van der Waals surface area contributed by atoms with E-state index < -0.39 is 10.0 Å². The van der Waals surface area contributed by atoms with Crippen molar-refractivity contribution in [2.24, 2.45) is 0 Å². The minimum atomic E-state index is -3.76. The number of sulfonamides is 1. The Bertz CT molecular complexity index is 578. The van der Waals surface area contributed by atoms with Crippen LogP contribution in [-0.4, -0.2) is 27.7 Å². The highest BCUT2D eigenvalue weighted by Crippen LogP contribution is 2.31. The van der Waals surface area contributed by atoms with Crippen LogP contribution in [0.3, 0.4) is 0 Å². The molecule has 5 nitrogen and oxygen atoms in total. The zero-order valence-electron chi connectivity index (χ0n) is 11.4. The Morgan fingerprint density at radius 3 is 2.52 bits per heavy atom. The molecule has 0 aliphatic carbocycles. The van der Waals surface area contributed by atoms with E-state index in [0.717, 1.165) is 25.9 Å². The molecular formula is C13H18Cl2N2O3S. The average molecular weight is 353 g/mol. The smallest absolute Gasteiger partial charge is 0.243 e. The van der Waals surface area contributed by atoms with Crippen LogP contribution < -0.4 is 10.5 Å². The Morgan fingerprint density at radius 1 is 1.29 bits per heavy atom. The van der Waals surface area contributed by atoms with Crippen molar-refractivity contribution in [2.75, 3.05) is 18.9 Å². The van der Waals surface area contributed by atoms with Gasteiger partial charge in [-0.2, -0.15) is 0 Å². The van der Waals surface area contributed by atoms with E-state index in [-0.39, 0.29) is 27.6 Å². The van der Waals surface area contributed by atoms with Gasteiger partial charge in [0.05, 0.1) is 16.1 Å². The second-order valence-corrected chi connectivity index (χ2v) is 7.51. The lowest BCUT2D eigenvalue weighted by Crippen LogP contribution is -2.29. The second-order valence-electron chi connectivity index (χ2n) is 4.99. The first-order valence-corrected chi connectivity index (χ1v) is 9.00. The molecule has 118 valence electrons. The number of hydrogen-bond donors (Lipinski definition) is 2. The summed E-state index contributed by atoms with van der Waals surface area (Å²) < 4.78 is 32.6. The van der Waals surface area contributed by atoms with Crippen LogP contribution in [0.1, 0.15) is 25.7 Å². The Labute approximate surface area is 134 Å². The van der Waals surface area contributed by atoms with Gasteiger partial charge in [-0.25, -0.2) is 13.1 Å². The van der Waals surface area contributed by atoms with Crippen molar-refractivity contribution in [1.29, 1.82) is 0 Å². The number of nitrogen functional groups attached to an aromatic ring is 1. The first-order valence-electron chi connectivity index (χ1n) is 6.76. The van der Waals surface area contributed by atoms with Crippen molar-refractivity contribution in [3.05, 3.63) is 22.2 Å². The van der Waals surface area contributed by atoms with Crippen molar-refractivity contribution < 1.29 is 13.2 Å². The largest absolute Gasteiger partial charge is 0.399 e. The van der Waals surface area contributed by atoms with Crippen LogP contribution in [0.4, 0.5) is 5.69 Å². The Hall–Kier alpha value is -0.530. The molecule has 1 atom stereocenters. The minimum Gasteiger partial charge on any atom is -0.399 e. The van der Waals surface area contributed by atoms with Crippen LogP contribution >= 0.6 is 23.2 Å². The summed E-state index contributed by atoms with van der Waals surface area (Å²) in [5, 5.41) is 0.0304. The third-order valence-corrected chi connectivity index (χ3v) is 5.70. The fourth-order valence-corrected chi connectivity index (χ4v) is 4.57. The summed E-state index contributed by atoms with van der Waals surface area (Å²) in [5.74, 6) is 0. The zero-order valence-corrected chi connectivity index (χ0v) is 13.8. The quantitative estimate of drug-likeness (QED) is 0.798. The van der Waals surface area contributed by atoms with Crippen molar-refractivity contribution in [3.63, 3.8) is 0 Å². The van der Waals surface area contributed by atoms with Gasteiger partial charge in [-0.15, -0.1) is 0 Å². The monoisotopic (exact) mass is 352 g/mol. The standard InChI is InChI=1S/C13H18Cl2N2O3S/c14-11-7-9(16)8-12(15)13(11)21(18,19)17-5-4-10-3-1-2-6-20-10/h7-8,10,17H,1-6,16H2. The van der Waals surface area contributed by atoms with E-state index in [1.807, 2.05) is 0 Å². The summed E-state index contributed by atoms with van der Waals surface area (Å²) in [4.78, 5) is -0.135. The maximum Gasteiger partial charge on any atom is 0.243 e. The summed E-state index contributed by atoms with van der Waals surface area (Å²) in [6, 6.07) is 2.73. The van der Waals surface area contributed by atoms with Gasteiger partial charge in [0.15, 0.2) is 0 Å². The number of anilines is 1. The van der Waals surface area contributed by atoms with Crippen LogP contribution in [0.2, 0.25) is 10.0 Å². The van der Waals surface area contributed by atoms with E-state index in [9.17, 15) is 8.42 Å². The molecular weight excluding hydrogens is 335 g/mol. The average Bonchev–Trinajstić information content (AvgIpc) is 2.38. The fraction of sp³-hybridized carbons (Fsp3) is 0.538. The number of benzene rings is 1. The van der Waals surface area contributed by atoms with Crippen molar-refractivity contribution in [3.8, 4) is 0 Å². The lowest BCUT2D eigenvalue weighted by Gasteiger charge is -2.22. The zero-order chi connectivity index (χ0) is 15.5. The highest BCUT2D eigenvalue weighted by atomic mass is 35.5. The molecule has 0 radical (unpaired) electrons. The number of hydrogen-bond acceptors (Lipinski definition) is 4. The maximum atomic E-state index is 12.3. The van der Waals surface area contributed by atoms with E-state index in [1.165, 1.54) is 12.1 Å². The number of nitrogens with one attached hydrogen (secondary N) is 1. The van der Waals surface area contributed by atoms with Gasteiger partial charge in [0.25, 0.3) is 0 Å². The van der Waals surface area contributed by atoms with Gasteiger partial charge in [-0.05, 0) is 37.8 Å². The van der Waals surface area contributed by atoms with E-state index in [0.29, 0.717) is 12.1 Å². The first kappa shape index (κ1) is 16.8. The van der Waals surface area contributed by atoms with Crippen molar-refractivity contribution >= 4 is 38.9 Å². The molecule has 0 bridgehead atoms. The molecule has 0 aromatic heterocycles. The highest BCUT2D eigenvalue weighted by molar-refractivity contribution is 7.89. The molecule has 8 heteroatoms. The third-order valence-electron chi connectivity index (χ3n) is 3.32. The van der Waals surface area contributed by atoms with Crippen molar-refractivity contribution in [1.82, 2.24) is 4.72 Å². The normalized spacial score (nSPS) is 19.6. The molecule has 1 heterocycles. The van der Waals surface area contributed by atoms with Gasteiger partial charge in [0.1, 0.15) is 4.90 Å². The van der Waals surface area contributed by atoms with Crippen LogP contribution in [0.25, 0.3) is 0 Å². The van der Waals surface area contributed by atoms with Gasteiger partial charge in [0, 0.05) is 18.8 Å². The van der Waals surface area contributed by atoms with Gasteiger partial charge >= 0.3 is 0 Å². The second kappa shape index (κ2) is 7.15. The molecule has 0 amide bonds. The van der Waals surface area contributed by atoms with Gasteiger partial charge < -0.3 is 10.5 Å². The predicted molar refractivity (Wildman–Crippen MR) is 84.3 cm³/mol. The molecule has 2 rings (SSSR count). The van der Waals surface area contributed by atoms with Crippen LogP contribution in [0.15, 0.2) is 17.0 Å². The number of rotatable bonds is 5. The SMILES string of the molecule is Nc1cc(Cl)c(S(=O)(=O)NCCC2CCCCO2)c(Cl)c1. The van der Waals surface area contributed by atoms with Gasteiger partial charge in [-0.3, -0.25) is 0 Å². The number of halogens is 2. The molecule has 0 spiro atoms. The first-order chi connectivity index (χ1) is 9.90. The fourth-order valence-electron chi connectivity index (χ4n) is 2.30. The highest BCUT2D eigenvalue weighted by Gasteiger charge is 2.23. The lowest BCUT2D eigenvalue weighted by molar-refractivity contribution is 0.0123. The summed E-state index contributed by atoms with van der Waals surface area (Å²) >= 11 is 11.9. The van der Waals surface area contributed by atoms with E-state index in [4.69, 9.17) is 33.7 Å². The van der Waals surface area contributed by atoms with Gasteiger partial charge in [0.2, 0.25) is 10.0 Å². The molecule has 1 aromatic carbocycles. The third kappa shape index (κ3) is 4.47. The Balaban J connectivity index is 2.01. The summed E-state index contributed by atoms with van der Waals surface area (Å²) in [6.45, 7) is 1.02. The Kier molecular flexibility index (Phi) is 5.73. The van der Waals surface area contributed by atoms with Gasteiger partial charge in [-0.1, -0.05) is 23.2 Å². The predicted octanol–water partition coefficient (Wildman–Crippen LogP) is 2.81. The number of nitrogens with two attached hydrogens (primary N) is 1. The molecule has 1 saturated heterocycles. The maximum absolute atomic E-state index is 12.3. The molecule has 1 aromatic rings. The van der Waals surface area contributed by atoms with Crippen molar-refractivity contribution in [2.45, 2.75) is 36.7 Å². The molecule has 21 heavy (non-hydrogen) atoms. The molecule has 1 aliphatic heterocycles. The molecule has 3 N–H and O–H groups in total. The lowest BCUT2D eigenvalue weighted by atomic mass is 10.1. The Morgan fingerprint density at radius 2 is 1.95 bits per heavy atom. The molecule has 1 aliphatic rings. The summed E-state index contributed by atoms with van der Waals surface area (Å²) in [7, 11) is -3.76. The number of ether oxygens (including phenoxy) is 1. The van der Waals surface area contributed by atoms with Crippen LogP contribution in [0, 0.1) is 0 Å². The summed E-state index contributed by atoms with van der Waals surface area (Å²) in [5.41, 5.74) is 5.89. The summed E-state index contributed by atoms with van der Waals surface area (Å²) in [6.07, 6.45) is 3.89. The topological polar surface area (TPSA) is 81.4 Å². The minimum absolute atomic E-state index is 0.0152. The van der Waals surface area contributed by atoms with E-state index >= 15 is 0 Å². The molecule has 0 saturated carbocycles. The van der Waals surface area contributed by atoms with E-state index in [1.54, 1.807) is 0 Å².